The van der Waals surface area contributed by atoms with Crippen molar-refractivity contribution in [3.63, 3.8) is 0 Å². The zero-order valence-electron chi connectivity index (χ0n) is 14.8. The minimum absolute atomic E-state index is 0.223. The number of hydrogen-bond acceptors (Lipinski definition) is 3. The first-order chi connectivity index (χ1) is 11.4. The van der Waals surface area contributed by atoms with Gasteiger partial charge in [-0.3, -0.25) is 0 Å². The van der Waals surface area contributed by atoms with Crippen molar-refractivity contribution in [2.24, 2.45) is 16.3 Å². The molecule has 0 aromatic heterocycles. The number of aliphatic hydroxyl groups excluding tert-OH is 1. The average molecular weight is 350 g/mol. The summed E-state index contributed by atoms with van der Waals surface area (Å²) in [4.78, 5) is 4.79. The molecule has 1 aromatic rings. The molecule has 2 rings (SSSR count). The van der Waals surface area contributed by atoms with Crippen molar-refractivity contribution in [2.75, 3.05) is 6.61 Å². The summed E-state index contributed by atoms with van der Waals surface area (Å²) in [5, 5.41) is 11.2. The van der Waals surface area contributed by atoms with Gasteiger partial charge in [-0.2, -0.15) is 0 Å². The predicted octanol–water partition coefficient (Wildman–Crippen LogP) is 5.19. The van der Waals surface area contributed by atoms with Crippen molar-refractivity contribution >= 4 is 17.5 Å². The molecule has 1 heterocycles. The van der Waals surface area contributed by atoms with Gasteiger partial charge < -0.3 is 9.84 Å². The Kier molecular flexibility index (Phi) is 6.47. The minimum atomic E-state index is -0.519. The molecule has 1 aliphatic heterocycles. The van der Waals surface area contributed by atoms with E-state index < -0.39 is 6.10 Å². The van der Waals surface area contributed by atoms with Crippen LogP contribution in [0.3, 0.4) is 0 Å². The molecule has 4 heteroatoms. The van der Waals surface area contributed by atoms with Crippen LogP contribution in [0.15, 0.2) is 41.9 Å². The van der Waals surface area contributed by atoms with E-state index in [0.29, 0.717) is 24.0 Å². The quantitative estimate of drug-likeness (QED) is 0.656. The normalized spacial score (nSPS) is 21.1. The van der Waals surface area contributed by atoms with Crippen LogP contribution in [0.5, 0.6) is 0 Å². The summed E-state index contributed by atoms with van der Waals surface area (Å²) in [5.41, 5.74) is 0.661. The molecular formula is C20H28ClNO2. The largest absolute Gasteiger partial charge is 0.478 e. The van der Waals surface area contributed by atoms with E-state index in [0.717, 1.165) is 24.3 Å². The lowest BCUT2D eigenvalue weighted by Gasteiger charge is -2.28. The van der Waals surface area contributed by atoms with Gasteiger partial charge in [0, 0.05) is 10.4 Å². The highest BCUT2D eigenvalue weighted by Crippen LogP contribution is 2.36. The Labute approximate surface area is 150 Å². The number of ether oxygens (including phenoxy) is 1. The zero-order chi connectivity index (χ0) is 17.7. The van der Waals surface area contributed by atoms with Crippen molar-refractivity contribution in [1.82, 2.24) is 0 Å². The highest BCUT2D eigenvalue weighted by atomic mass is 35.5. The van der Waals surface area contributed by atoms with Gasteiger partial charge in [-0.15, -0.1) is 6.58 Å². The van der Waals surface area contributed by atoms with Crippen molar-refractivity contribution in [3.05, 3.63) is 47.5 Å². The van der Waals surface area contributed by atoms with E-state index in [9.17, 15) is 5.11 Å². The smallest absolute Gasteiger partial charge is 0.190 e. The fourth-order valence-electron chi connectivity index (χ4n) is 2.98. The lowest BCUT2D eigenvalue weighted by atomic mass is 9.80. The van der Waals surface area contributed by atoms with Crippen molar-refractivity contribution in [1.29, 1.82) is 0 Å². The SMILES string of the molecule is C=CC[C@@](C)(CC[C@@H](O)c1ccc(Cl)cc1)C1=NC(C(C)C)CO1. The molecule has 1 unspecified atom stereocenters. The first-order valence-electron chi connectivity index (χ1n) is 8.61. The van der Waals surface area contributed by atoms with Crippen molar-refractivity contribution in [2.45, 2.75) is 52.2 Å². The van der Waals surface area contributed by atoms with Crippen molar-refractivity contribution in [3.8, 4) is 0 Å². The molecule has 132 valence electrons. The van der Waals surface area contributed by atoms with Crippen LogP contribution >= 0.6 is 11.6 Å². The van der Waals surface area contributed by atoms with E-state index in [-0.39, 0.29) is 11.5 Å². The number of aliphatic hydroxyl groups is 1. The highest BCUT2D eigenvalue weighted by Gasteiger charge is 2.36. The summed E-state index contributed by atoms with van der Waals surface area (Å²) in [6.45, 7) is 11.0. The van der Waals surface area contributed by atoms with E-state index in [2.05, 4.69) is 27.4 Å². The topological polar surface area (TPSA) is 41.8 Å². The van der Waals surface area contributed by atoms with Gasteiger partial charge in [-0.05, 0) is 42.9 Å². The molecule has 1 N–H and O–H groups in total. The standard InChI is InChI=1S/C20H28ClNO2/c1-5-11-20(4,19-22-17(13-24-19)14(2)3)12-10-18(23)15-6-8-16(21)9-7-15/h5-9,14,17-18,23H,1,10-13H2,2-4H3/t17?,18-,20+/m1/s1. The molecule has 1 aliphatic rings. The summed E-state index contributed by atoms with van der Waals surface area (Å²) >= 11 is 5.91. The predicted molar refractivity (Wildman–Crippen MR) is 101 cm³/mol. The van der Waals surface area contributed by atoms with Crippen LogP contribution in [-0.2, 0) is 4.74 Å². The Hall–Kier alpha value is -1.32. The second-order valence-electron chi connectivity index (χ2n) is 7.22. The summed E-state index contributed by atoms with van der Waals surface area (Å²) in [6.07, 6.45) is 3.59. The monoisotopic (exact) mass is 349 g/mol. The van der Waals surface area contributed by atoms with Gasteiger partial charge in [0.1, 0.15) is 6.61 Å². The molecule has 0 spiro atoms. The number of halogens is 1. The molecule has 3 atom stereocenters. The number of hydrogen-bond donors (Lipinski definition) is 1. The molecular weight excluding hydrogens is 322 g/mol. The van der Waals surface area contributed by atoms with Crippen LogP contribution in [-0.4, -0.2) is 23.7 Å². The van der Waals surface area contributed by atoms with Crippen LogP contribution in [0.2, 0.25) is 5.02 Å². The lowest BCUT2D eigenvalue weighted by molar-refractivity contribution is 0.147. The first kappa shape index (κ1) is 19.0. The van der Waals surface area contributed by atoms with E-state index >= 15 is 0 Å². The lowest BCUT2D eigenvalue weighted by Crippen LogP contribution is -2.28. The third-order valence-corrected chi connectivity index (χ3v) is 5.03. The van der Waals surface area contributed by atoms with Gasteiger partial charge >= 0.3 is 0 Å². The van der Waals surface area contributed by atoms with E-state index in [1.165, 1.54) is 0 Å². The molecule has 0 saturated heterocycles. The molecule has 0 saturated carbocycles. The summed E-state index contributed by atoms with van der Waals surface area (Å²) in [7, 11) is 0. The molecule has 0 fully saturated rings. The van der Waals surface area contributed by atoms with Crippen LogP contribution in [0.4, 0.5) is 0 Å². The Morgan fingerprint density at radius 3 is 2.62 bits per heavy atom. The maximum absolute atomic E-state index is 10.5. The number of benzene rings is 1. The number of aliphatic imine (C=N–C) groups is 1. The summed E-state index contributed by atoms with van der Waals surface area (Å²) < 4.78 is 5.90. The third kappa shape index (κ3) is 4.61. The Morgan fingerprint density at radius 1 is 1.42 bits per heavy atom. The fraction of sp³-hybridized carbons (Fsp3) is 0.550. The fourth-order valence-corrected chi connectivity index (χ4v) is 3.11. The van der Waals surface area contributed by atoms with E-state index in [4.69, 9.17) is 21.3 Å². The second-order valence-corrected chi connectivity index (χ2v) is 7.65. The number of allylic oxidation sites excluding steroid dienone is 1. The molecule has 3 nitrogen and oxygen atoms in total. The maximum Gasteiger partial charge on any atom is 0.190 e. The summed E-state index contributed by atoms with van der Waals surface area (Å²) in [5.74, 6) is 1.28. The number of rotatable bonds is 8. The van der Waals surface area contributed by atoms with Gasteiger partial charge in [0.05, 0.1) is 12.1 Å². The van der Waals surface area contributed by atoms with E-state index in [1.807, 2.05) is 18.2 Å². The van der Waals surface area contributed by atoms with Gasteiger partial charge in [-0.25, -0.2) is 4.99 Å². The van der Waals surface area contributed by atoms with E-state index in [1.54, 1.807) is 12.1 Å². The van der Waals surface area contributed by atoms with Crippen LogP contribution in [0.1, 0.15) is 51.7 Å². The number of nitrogens with zero attached hydrogens (tertiary/aromatic N) is 1. The molecule has 0 amide bonds. The highest BCUT2D eigenvalue weighted by molar-refractivity contribution is 6.30. The minimum Gasteiger partial charge on any atom is -0.478 e. The van der Waals surface area contributed by atoms with Crippen LogP contribution in [0, 0.1) is 11.3 Å². The average Bonchev–Trinajstić information content (AvgIpc) is 3.04. The summed E-state index contributed by atoms with van der Waals surface area (Å²) in [6, 6.07) is 7.58. The van der Waals surface area contributed by atoms with Crippen molar-refractivity contribution < 1.29 is 9.84 Å². The molecule has 0 bridgehead atoms. The molecule has 1 aromatic carbocycles. The molecule has 0 radical (unpaired) electrons. The Bertz CT molecular complexity index is 582. The first-order valence-corrected chi connectivity index (χ1v) is 8.99. The third-order valence-electron chi connectivity index (χ3n) is 4.78. The van der Waals surface area contributed by atoms with Gasteiger partial charge in [0.25, 0.3) is 0 Å². The molecule has 0 aliphatic carbocycles. The van der Waals surface area contributed by atoms with Crippen LogP contribution in [0.25, 0.3) is 0 Å². The molecule has 24 heavy (non-hydrogen) atoms. The van der Waals surface area contributed by atoms with Gasteiger partial charge in [-0.1, -0.05) is 50.6 Å². The van der Waals surface area contributed by atoms with Crippen LogP contribution < -0.4 is 0 Å². The Balaban J connectivity index is 2.06. The Morgan fingerprint density at radius 2 is 2.08 bits per heavy atom. The maximum atomic E-state index is 10.5. The van der Waals surface area contributed by atoms with Gasteiger partial charge in [0.15, 0.2) is 5.90 Å². The second kappa shape index (κ2) is 8.17. The van der Waals surface area contributed by atoms with Gasteiger partial charge in [0.2, 0.25) is 0 Å². The zero-order valence-corrected chi connectivity index (χ0v) is 15.6.